The third kappa shape index (κ3) is 3.09. The molecule has 0 saturated carbocycles. The summed E-state index contributed by atoms with van der Waals surface area (Å²) in [5.74, 6) is -0.453. The summed E-state index contributed by atoms with van der Waals surface area (Å²) < 4.78 is 20.2. The minimum absolute atomic E-state index is 0.156. The Bertz CT molecular complexity index is 730. The van der Waals surface area contributed by atoms with Gasteiger partial charge in [0.05, 0.1) is 24.4 Å². The number of carbonyl (C=O) groups is 1. The van der Waals surface area contributed by atoms with Crippen molar-refractivity contribution in [3.05, 3.63) is 52.1 Å². The van der Waals surface area contributed by atoms with E-state index in [0.29, 0.717) is 36.1 Å². The van der Waals surface area contributed by atoms with Crippen molar-refractivity contribution in [1.29, 1.82) is 0 Å². The molecule has 3 rings (SSSR count). The number of aromatic nitrogens is 2. The molecule has 1 aliphatic heterocycles. The van der Waals surface area contributed by atoms with E-state index in [-0.39, 0.29) is 17.8 Å². The van der Waals surface area contributed by atoms with Crippen molar-refractivity contribution in [2.45, 2.75) is 13.0 Å². The van der Waals surface area contributed by atoms with Gasteiger partial charge >= 0.3 is 0 Å². The molecule has 2 aromatic rings. The first-order chi connectivity index (χ1) is 11.0. The number of hydrogen-bond acceptors (Lipinski definition) is 3. The fraction of sp³-hybridized carbons (Fsp3) is 0.375. The molecular formula is C16H17ClFN3O2. The van der Waals surface area contributed by atoms with Gasteiger partial charge in [0.15, 0.2) is 0 Å². The number of benzene rings is 1. The molecule has 1 aliphatic rings. The molecule has 1 aromatic carbocycles. The van der Waals surface area contributed by atoms with Crippen LogP contribution in [0.3, 0.4) is 0 Å². The summed E-state index contributed by atoms with van der Waals surface area (Å²) in [6.07, 6.45) is -0.274. The van der Waals surface area contributed by atoms with E-state index >= 15 is 0 Å². The minimum Gasteiger partial charge on any atom is -0.370 e. The highest BCUT2D eigenvalue weighted by Gasteiger charge is 2.29. The lowest BCUT2D eigenvalue weighted by atomic mass is 10.1. The van der Waals surface area contributed by atoms with E-state index in [2.05, 4.69) is 5.10 Å². The van der Waals surface area contributed by atoms with Gasteiger partial charge in [0, 0.05) is 13.6 Å². The zero-order valence-electron chi connectivity index (χ0n) is 12.9. The number of aryl methyl sites for hydroxylation is 2. The quantitative estimate of drug-likeness (QED) is 0.846. The normalized spacial score (nSPS) is 18.3. The summed E-state index contributed by atoms with van der Waals surface area (Å²) in [4.78, 5) is 14.5. The summed E-state index contributed by atoms with van der Waals surface area (Å²) in [5, 5.41) is 4.51. The second-order valence-electron chi connectivity index (χ2n) is 5.54. The number of amides is 1. The Balaban J connectivity index is 1.80. The van der Waals surface area contributed by atoms with Gasteiger partial charge in [-0.2, -0.15) is 5.10 Å². The van der Waals surface area contributed by atoms with Gasteiger partial charge in [0.2, 0.25) is 0 Å². The molecule has 0 aliphatic carbocycles. The van der Waals surface area contributed by atoms with Crippen LogP contribution < -0.4 is 0 Å². The van der Waals surface area contributed by atoms with E-state index < -0.39 is 0 Å². The third-order valence-electron chi connectivity index (χ3n) is 3.96. The highest BCUT2D eigenvalue weighted by molar-refractivity contribution is 6.33. The van der Waals surface area contributed by atoms with Gasteiger partial charge in [-0.05, 0) is 24.6 Å². The maximum atomic E-state index is 13.0. The number of carbonyl (C=O) groups excluding carboxylic acids is 1. The van der Waals surface area contributed by atoms with Gasteiger partial charge in [-0.3, -0.25) is 9.48 Å². The van der Waals surface area contributed by atoms with Crippen LogP contribution in [0.5, 0.6) is 0 Å². The minimum atomic E-state index is -0.296. The SMILES string of the molecule is Cc1nn(C)c(Cl)c1C(=O)N1CCOC(c2ccc(F)cc2)C1. The summed E-state index contributed by atoms with van der Waals surface area (Å²) >= 11 is 6.18. The molecule has 7 heteroatoms. The number of hydrogen-bond donors (Lipinski definition) is 0. The first-order valence-corrected chi connectivity index (χ1v) is 7.70. The lowest BCUT2D eigenvalue weighted by Gasteiger charge is -2.33. The average Bonchev–Trinajstić information content (AvgIpc) is 2.80. The Hall–Kier alpha value is -1.92. The molecular weight excluding hydrogens is 321 g/mol. The molecule has 0 N–H and O–H groups in total. The Morgan fingerprint density at radius 3 is 2.70 bits per heavy atom. The highest BCUT2D eigenvalue weighted by atomic mass is 35.5. The molecule has 122 valence electrons. The smallest absolute Gasteiger partial charge is 0.259 e. The van der Waals surface area contributed by atoms with E-state index in [0.717, 1.165) is 5.56 Å². The molecule has 5 nitrogen and oxygen atoms in total. The molecule has 1 unspecified atom stereocenters. The topological polar surface area (TPSA) is 47.4 Å². The maximum Gasteiger partial charge on any atom is 0.259 e. The number of morpholine rings is 1. The van der Waals surface area contributed by atoms with Crippen LogP contribution >= 0.6 is 11.6 Å². The van der Waals surface area contributed by atoms with Gasteiger partial charge in [-0.25, -0.2) is 4.39 Å². The van der Waals surface area contributed by atoms with Gasteiger partial charge in [-0.1, -0.05) is 23.7 Å². The summed E-state index contributed by atoms with van der Waals surface area (Å²) in [6, 6.07) is 6.13. The predicted molar refractivity (Wildman–Crippen MR) is 84.0 cm³/mol. The van der Waals surface area contributed by atoms with Crippen LogP contribution in [0.1, 0.15) is 27.7 Å². The molecule has 2 heterocycles. The number of rotatable bonds is 2. The number of halogens is 2. The van der Waals surface area contributed by atoms with Gasteiger partial charge in [0.25, 0.3) is 5.91 Å². The van der Waals surface area contributed by atoms with Gasteiger partial charge in [0.1, 0.15) is 17.1 Å². The van der Waals surface area contributed by atoms with Crippen molar-refractivity contribution in [3.8, 4) is 0 Å². The first kappa shape index (κ1) is 16.0. The van der Waals surface area contributed by atoms with Crippen molar-refractivity contribution >= 4 is 17.5 Å². The van der Waals surface area contributed by atoms with E-state index in [9.17, 15) is 9.18 Å². The molecule has 1 aromatic heterocycles. The van der Waals surface area contributed by atoms with Crippen LogP contribution in [0, 0.1) is 12.7 Å². The first-order valence-electron chi connectivity index (χ1n) is 7.33. The molecule has 1 atom stereocenters. The number of nitrogens with zero attached hydrogens (tertiary/aromatic N) is 3. The van der Waals surface area contributed by atoms with Crippen LogP contribution in [0.2, 0.25) is 5.15 Å². The lowest BCUT2D eigenvalue weighted by Crippen LogP contribution is -2.42. The van der Waals surface area contributed by atoms with Crippen molar-refractivity contribution < 1.29 is 13.9 Å². The standard InChI is InChI=1S/C16H17ClFN3O2/c1-10-14(15(17)20(2)19-10)16(22)21-7-8-23-13(9-21)11-3-5-12(18)6-4-11/h3-6,13H,7-9H2,1-2H3. The lowest BCUT2D eigenvalue weighted by molar-refractivity contribution is -0.0228. The van der Waals surface area contributed by atoms with Crippen LogP contribution in [-0.2, 0) is 11.8 Å². The Kier molecular flexibility index (Phi) is 4.37. The van der Waals surface area contributed by atoms with E-state index in [1.807, 2.05) is 0 Å². The Labute approximate surface area is 138 Å². The summed E-state index contributed by atoms with van der Waals surface area (Å²) in [5.41, 5.74) is 1.87. The summed E-state index contributed by atoms with van der Waals surface area (Å²) in [7, 11) is 1.70. The molecule has 1 amide bonds. The van der Waals surface area contributed by atoms with E-state index in [1.54, 1.807) is 31.0 Å². The van der Waals surface area contributed by atoms with Crippen molar-refractivity contribution in [2.24, 2.45) is 7.05 Å². The molecule has 1 saturated heterocycles. The fourth-order valence-corrected chi connectivity index (χ4v) is 3.00. The van der Waals surface area contributed by atoms with E-state index in [1.165, 1.54) is 16.8 Å². The molecule has 0 radical (unpaired) electrons. The molecule has 23 heavy (non-hydrogen) atoms. The van der Waals surface area contributed by atoms with Crippen molar-refractivity contribution in [2.75, 3.05) is 19.7 Å². The Morgan fingerprint density at radius 2 is 2.09 bits per heavy atom. The van der Waals surface area contributed by atoms with Crippen molar-refractivity contribution in [1.82, 2.24) is 14.7 Å². The molecule has 1 fully saturated rings. The second kappa shape index (κ2) is 6.29. The zero-order chi connectivity index (χ0) is 16.6. The predicted octanol–water partition coefficient (Wildman–Crippen LogP) is 2.73. The van der Waals surface area contributed by atoms with Crippen LogP contribution in [0.15, 0.2) is 24.3 Å². The zero-order valence-corrected chi connectivity index (χ0v) is 13.7. The van der Waals surface area contributed by atoms with Gasteiger partial charge in [-0.15, -0.1) is 0 Å². The van der Waals surface area contributed by atoms with E-state index in [4.69, 9.17) is 16.3 Å². The monoisotopic (exact) mass is 337 g/mol. The van der Waals surface area contributed by atoms with Gasteiger partial charge < -0.3 is 9.64 Å². The van der Waals surface area contributed by atoms with Crippen LogP contribution in [-0.4, -0.2) is 40.3 Å². The fourth-order valence-electron chi connectivity index (χ4n) is 2.74. The largest absolute Gasteiger partial charge is 0.370 e. The number of ether oxygens (including phenoxy) is 1. The summed E-state index contributed by atoms with van der Waals surface area (Å²) in [6.45, 7) is 3.07. The second-order valence-corrected chi connectivity index (χ2v) is 5.89. The maximum absolute atomic E-state index is 13.0. The third-order valence-corrected chi connectivity index (χ3v) is 4.40. The van der Waals surface area contributed by atoms with Crippen molar-refractivity contribution in [3.63, 3.8) is 0 Å². The molecule has 0 bridgehead atoms. The van der Waals surface area contributed by atoms with Crippen LogP contribution in [0.25, 0.3) is 0 Å². The molecule has 0 spiro atoms. The average molecular weight is 338 g/mol. The highest BCUT2D eigenvalue weighted by Crippen LogP contribution is 2.26. The van der Waals surface area contributed by atoms with Crippen LogP contribution in [0.4, 0.5) is 4.39 Å². The Morgan fingerprint density at radius 1 is 1.39 bits per heavy atom.